The molecule has 0 rings (SSSR count). The molecule has 0 aliphatic rings. The summed E-state index contributed by atoms with van der Waals surface area (Å²) in [6.45, 7) is 11.8. The molecule has 0 bridgehead atoms. The Kier molecular flexibility index (Phi) is 5.81. The first-order valence-electron chi connectivity index (χ1n) is 5.82. The highest BCUT2D eigenvalue weighted by atomic mass is 16.2. The van der Waals surface area contributed by atoms with Gasteiger partial charge in [0.25, 0.3) is 0 Å². The van der Waals surface area contributed by atoms with E-state index >= 15 is 0 Å². The molecule has 0 atom stereocenters. The number of hydrogen-bond acceptors (Lipinski definition) is 2. The predicted molar refractivity (Wildman–Crippen MR) is 65.7 cm³/mol. The van der Waals surface area contributed by atoms with Crippen LogP contribution in [0.3, 0.4) is 0 Å². The zero-order valence-corrected chi connectivity index (χ0v) is 10.8. The lowest BCUT2D eigenvalue weighted by molar-refractivity contribution is -0.140. The Morgan fingerprint density at radius 1 is 1.50 bits per heavy atom. The highest BCUT2D eigenvalue weighted by Gasteiger charge is 2.38. The van der Waals surface area contributed by atoms with Crippen molar-refractivity contribution < 1.29 is 4.79 Å². The van der Waals surface area contributed by atoms with Gasteiger partial charge >= 0.3 is 0 Å². The minimum Gasteiger partial charge on any atom is -0.335 e. The van der Waals surface area contributed by atoms with Crippen molar-refractivity contribution in [2.45, 2.75) is 46.6 Å². The molecule has 0 aliphatic heterocycles. The van der Waals surface area contributed by atoms with Crippen LogP contribution in [0.1, 0.15) is 40.5 Å². The van der Waals surface area contributed by atoms with E-state index in [9.17, 15) is 10.1 Å². The van der Waals surface area contributed by atoms with E-state index < -0.39 is 5.41 Å². The van der Waals surface area contributed by atoms with Crippen molar-refractivity contribution in [3.63, 3.8) is 0 Å². The number of rotatable bonds is 6. The highest BCUT2D eigenvalue weighted by Crippen LogP contribution is 2.28. The Hall–Kier alpha value is -1.30. The number of nitriles is 1. The van der Waals surface area contributed by atoms with Crippen molar-refractivity contribution in [1.82, 2.24) is 4.90 Å². The predicted octanol–water partition coefficient (Wildman–Crippen LogP) is 2.74. The molecule has 0 fully saturated rings. The molecular formula is C13H22N2O. The third kappa shape index (κ3) is 2.85. The van der Waals surface area contributed by atoms with Crippen molar-refractivity contribution in [1.29, 1.82) is 5.26 Å². The monoisotopic (exact) mass is 222 g/mol. The number of amides is 1. The summed E-state index contributed by atoms with van der Waals surface area (Å²) in [5.41, 5.74) is -0.868. The summed E-state index contributed by atoms with van der Waals surface area (Å²) in [6, 6.07) is 2.28. The second-order valence-corrected chi connectivity index (χ2v) is 4.24. The minimum absolute atomic E-state index is 0.0742. The van der Waals surface area contributed by atoms with Crippen LogP contribution in [0.25, 0.3) is 0 Å². The summed E-state index contributed by atoms with van der Waals surface area (Å²) in [6.07, 6.45) is 2.81. The molecule has 90 valence electrons. The Morgan fingerprint density at radius 2 is 2.00 bits per heavy atom. The van der Waals surface area contributed by atoms with Gasteiger partial charge in [-0.05, 0) is 26.7 Å². The fraction of sp³-hybridized carbons (Fsp3) is 0.692. The summed E-state index contributed by atoms with van der Waals surface area (Å²) in [7, 11) is 0. The van der Waals surface area contributed by atoms with E-state index in [1.54, 1.807) is 11.0 Å². The van der Waals surface area contributed by atoms with Crippen LogP contribution in [0.15, 0.2) is 12.7 Å². The summed E-state index contributed by atoms with van der Waals surface area (Å²) in [5.74, 6) is -0.0742. The van der Waals surface area contributed by atoms with E-state index in [0.717, 1.165) is 0 Å². The van der Waals surface area contributed by atoms with Crippen LogP contribution in [0.5, 0.6) is 0 Å². The molecule has 0 radical (unpaired) electrons. The van der Waals surface area contributed by atoms with Crippen molar-refractivity contribution in [2.75, 3.05) is 6.54 Å². The lowest BCUT2D eigenvalue weighted by Crippen LogP contribution is -2.46. The Labute approximate surface area is 98.7 Å². The van der Waals surface area contributed by atoms with Crippen molar-refractivity contribution in [3.05, 3.63) is 12.7 Å². The van der Waals surface area contributed by atoms with Crippen LogP contribution < -0.4 is 0 Å². The molecule has 16 heavy (non-hydrogen) atoms. The topological polar surface area (TPSA) is 44.1 Å². The van der Waals surface area contributed by atoms with E-state index in [1.807, 2.05) is 27.7 Å². The van der Waals surface area contributed by atoms with E-state index in [4.69, 9.17) is 0 Å². The maximum atomic E-state index is 12.3. The maximum absolute atomic E-state index is 12.3. The molecule has 0 heterocycles. The fourth-order valence-corrected chi connectivity index (χ4v) is 1.70. The van der Waals surface area contributed by atoms with Gasteiger partial charge in [-0.1, -0.05) is 19.9 Å². The second kappa shape index (κ2) is 6.32. The van der Waals surface area contributed by atoms with Gasteiger partial charge in [-0.15, -0.1) is 6.58 Å². The lowest BCUT2D eigenvalue weighted by Gasteiger charge is -2.33. The molecule has 0 aromatic heterocycles. The average molecular weight is 222 g/mol. The van der Waals surface area contributed by atoms with Gasteiger partial charge in [-0.3, -0.25) is 4.79 Å². The van der Waals surface area contributed by atoms with Gasteiger partial charge < -0.3 is 4.90 Å². The van der Waals surface area contributed by atoms with Crippen LogP contribution >= 0.6 is 0 Å². The third-order valence-electron chi connectivity index (χ3n) is 3.04. The van der Waals surface area contributed by atoms with Crippen molar-refractivity contribution in [3.8, 4) is 6.07 Å². The Bertz CT molecular complexity index is 285. The molecule has 0 saturated carbocycles. The van der Waals surface area contributed by atoms with Gasteiger partial charge in [-0.25, -0.2) is 0 Å². The summed E-state index contributed by atoms with van der Waals surface area (Å²) in [5, 5.41) is 9.22. The van der Waals surface area contributed by atoms with Gasteiger partial charge in [-0.2, -0.15) is 5.26 Å². The summed E-state index contributed by atoms with van der Waals surface area (Å²) in [4.78, 5) is 14.1. The van der Waals surface area contributed by atoms with Gasteiger partial charge in [0.2, 0.25) is 5.91 Å². The fourth-order valence-electron chi connectivity index (χ4n) is 1.70. The molecule has 1 amide bonds. The van der Waals surface area contributed by atoms with Crippen molar-refractivity contribution in [2.24, 2.45) is 5.41 Å². The zero-order valence-electron chi connectivity index (χ0n) is 10.8. The van der Waals surface area contributed by atoms with Crippen LogP contribution in [0, 0.1) is 16.7 Å². The summed E-state index contributed by atoms with van der Waals surface area (Å²) < 4.78 is 0. The Balaban J connectivity index is 5.11. The largest absolute Gasteiger partial charge is 0.335 e. The van der Waals surface area contributed by atoms with Gasteiger partial charge in [0.05, 0.1) is 6.07 Å². The quantitative estimate of drug-likeness (QED) is 0.649. The molecular weight excluding hydrogens is 200 g/mol. The SMILES string of the molecule is C=CCN(C(=O)C(C#N)(CC)CC)C(C)C. The standard InChI is InChI=1S/C13H22N2O/c1-6-9-15(11(4)5)12(16)13(7-2,8-3)10-14/h6,11H,1,7-9H2,2-5H3. The van der Waals surface area contributed by atoms with Crippen LogP contribution in [0.4, 0.5) is 0 Å². The van der Waals surface area contributed by atoms with E-state index in [0.29, 0.717) is 19.4 Å². The van der Waals surface area contributed by atoms with E-state index in [2.05, 4.69) is 12.6 Å². The Morgan fingerprint density at radius 3 is 2.25 bits per heavy atom. The van der Waals surface area contributed by atoms with Crippen LogP contribution in [0.2, 0.25) is 0 Å². The van der Waals surface area contributed by atoms with E-state index in [1.165, 1.54) is 0 Å². The number of nitrogens with zero attached hydrogens (tertiary/aromatic N) is 2. The molecule has 0 saturated heterocycles. The number of carbonyl (C=O) groups is 1. The van der Waals surface area contributed by atoms with Crippen LogP contribution in [-0.2, 0) is 4.79 Å². The second-order valence-electron chi connectivity index (χ2n) is 4.24. The number of carbonyl (C=O) groups excluding carboxylic acids is 1. The lowest BCUT2D eigenvalue weighted by atomic mass is 9.82. The van der Waals surface area contributed by atoms with Crippen molar-refractivity contribution >= 4 is 5.91 Å². The van der Waals surface area contributed by atoms with Crippen LogP contribution in [-0.4, -0.2) is 23.4 Å². The first kappa shape index (κ1) is 14.7. The molecule has 0 spiro atoms. The molecule has 0 N–H and O–H groups in total. The average Bonchev–Trinajstić information content (AvgIpc) is 2.28. The molecule has 0 unspecified atom stereocenters. The summed E-state index contributed by atoms with van der Waals surface area (Å²) >= 11 is 0. The van der Waals surface area contributed by atoms with Gasteiger partial charge in [0.1, 0.15) is 5.41 Å². The normalized spacial score (nSPS) is 11.0. The van der Waals surface area contributed by atoms with Gasteiger partial charge in [0, 0.05) is 12.6 Å². The molecule has 0 aromatic carbocycles. The third-order valence-corrected chi connectivity index (χ3v) is 3.04. The molecule has 0 aromatic rings. The van der Waals surface area contributed by atoms with Gasteiger partial charge in [0.15, 0.2) is 0 Å². The molecule has 0 aliphatic carbocycles. The van der Waals surface area contributed by atoms with E-state index in [-0.39, 0.29) is 11.9 Å². The first-order chi connectivity index (χ1) is 7.48. The molecule has 3 nitrogen and oxygen atoms in total. The number of hydrogen-bond donors (Lipinski definition) is 0. The highest BCUT2D eigenvalue weighted by molar-refractivity contribution is 5.85. The zero-order chi connectivity index (χ0) is 12.8. The smallest absolute Gasteiger partial charge is 0.243 e. The minimum atomic E-state index is -0.868. The molecule has 3 heteroatoms. The first-order valence-corrected chi connectivity index (χ1v) is 5.82. The maximum Gasteiger partial charge on any atom is 0.243 e.